The lowest BCUT2D eigenvalue weighted by molar-refractivity contribution is 0.170. The van der Waals surface area contributed by atoms with Gasteiger partial charge in [-0.3, -0.25) is 0 Å². The molecule has 0 amide bonds. The number of halogens is 1. The first kappa shape index (κ1) is 15.1. The van der Waals surface area contributed by atoms with Crippen LogP contribution in [-0.2, 0) is 6.42 Å². The van der Waals surface area contributed by atoms with E-state index in [1.165, 1.54) is 12.1 Å². The van der Waals surface area contributed by atoms with Gasteiger partial charge in [0.25, 0.3) is 0 Å². The van der Waals surface area contributed by atoms with Gasteiger partial charge in [0.1, 0.15) is 5.82 Å². The zero-order valence-electron chi connectivity index (χ0n) is 11.6. The summed E-state index contributed by atoms with van der Waals surface area (Å²) in [4.78, 5) is 4.52. The number of aliphatic hydroxyl groups excluding tert-OH is 1. The van der Waals surface area contributed by atoms with Crippen molar-refractivity contribution in [3.8, 4) is 0 Å². The Bertz CT molecular complexity index is 541. The van der Waals surface area contributed by atoms with Crippen LogP contribution < -0.4 is 5.32 Å². The Hall–Kier alpha value is -1.30. The molecule has 5 heteroatoms. The first-order chi connectivity index (χ1) is 9.60. The molecule has 0 bridgehead atoms. The van der Waals surface area contributed by atoms with Gasteiger partial charge in [-0.25, -0.2) is 9.37 Å². The summed E-state index contributed by atoms with van der Waals surface area (Å²) < 4.78 is 12.8. The van der Waals surface area contributed by atoms with Crippen molar-refractivity contribution in [3.05, 3.63) is 51.7 Å². The van der Waals surface area contributed by atoms with Crippen LogP contribution in [0.5, 0.6) is 0 Å². The maximum absolute atomic E-state index is 12.8. The molecule has 0 spiro atoms. The van der Waals surface area contributed by atoms with E-state index in [1.54, 1.807) is 23.5 Å². The zero-order chi connectivity index (χ0) is 14.5. The third-order valence-corrected chi connectivity index (χ3v) is 4.20. The van der Waals surface area contributed by atoms with Crippen LogP contribution in [0.3, 0.4) is 0 Å². The van der Waals surface area contributed by atoms with Gasteiger partial charge in [-0.2, -0.15) is 0 Å². The molecule has 1 aromatic heterocycles. The van der Waals surface area contributed by atoms with Crippen molar-refractivity contribution in [1.82, 2.24) is 10.3 Å². The molecule has 1 aromatic carbocycles. The van der Waals surface area contributed by atoms with Crippen LogP contribution in [0.1, 0.15) is 42.3 Å². The minimum absolute atomic E-state index is 0.0849. The topological polar surface area (TPSA) is 45.2 Å². The summed E-state index contributed by atoms with van der Waals surface area (Å²) in [6, 6.07) is 6.00. The summed E-state index contributed by atoms with van der Waals surface area (Å²) in [5.74, 6) is -0.295. The highest BCUT2D eigenvalue weighted by molar-refractivity contribution is 7.09. The van der Waals surface area contributed by atoms with Crippen LogP contribution >= 0.6 is 11.3 Å². The van der Waals surface area contributed by atoms with E-state index < -0.39 is 6.10 Å². The maximum Gasteiger partial charge on any atom is 0.123 e. The quantitative estimate of drug-likeness (QED) is 0.860. The molecular formula is C15H19FN2OS. The van der Waals surface area contributed by atoms with Gasteiger partial charge < -0.3 is 10.4 Å². The fraction of sp³-hybridized carbons (Fsp3) is 0.400. The number of nitrogens with one attached hydrogen (secondary N) is 1. The summed E-state index contributed by atoms with van der Waals surface area (Å²) in [5.41, 5.74) is 1.71. The van der Waals surface area contributed by atoms with E-state index in [1.807, 2.05) is 12.3 Å². The number of thiazole rings is 1. The van der Waals surface area contributed by atoms with Crippen molar-refractivity contribution in [2.24, 2.45) is 0 Å². The largest absolute Gasteiger partial charge is 0.387 e. The summed E-state index contributed by atoms with van der Waals surface area (Å²) in [5, 5.41) is 16.5. The first-order valence-corrected chi connectivity index (χ1v) is 7.59. The summed E-state index contributed by atoms with van der Waals surface area (Å²) in [7, 11) is 0. The minimum Gasteiger partial charge on any atom is -0.387 e. The van der Waals surface area contributed by atoms with Crippen molar-refractivity contribution in [3.63, 3.8) is 0 Å². The Labute approximate surface area is 122 Å². The Morgan fingerprint density at radius 1 is 1.35 bits per heavy atom. The zero-order valence-corrected chi connectivity index (χ0v) is 12.5. The molecule has 20 heavy (non-hydrogen) atoms. The molecule has 0 saturated heterocycles. The van der Waals surface area contributed by atoms with Crippen LogP contribution in [0, 0.1) is 5.82 Å². The van der Waals surface area contributed by atoms with E-state index in [9.17, 15) is 9.50 Å². The van der Waals surface area contributed by atoms with Crippen molar-refractivity contribution in [2.75, 3.05) is 6.54 Å². The van der Waals surface area contributed by atoms with E-state index in [0.717, 1.165) is 17.1 Å². The molecule has 0 radical (unpaired) electrons. The minimum atomic E-state index is -0.651. The highest BCUT2D eigenvalue weighted by Gasteiger charge is 2.12. The molecular weight excluding hydrogens is 275 g/mol. The normalized spacial score (nSPS) is 14.2. The average molecular weight is 294 g/mol. The number of hydrogen-bond donors (Lipinski definition) is 2. The molecule has 0 aliphatic carbocycles. The van der Waals surface area contributed by atoms with Crippen LogP contribution in [0.4, 0.5) is 4.39 Å². The van der Waals surface area contributed by atoms with Crippen molar-refractivity contribution in [2.45, 2.75) is 32.4 Å². The van der Waals surface area contributed by atoms with Crippen molar-refractivity contribution >= 4 is 11.3 Å². The molecule has 0 saturated carbocycles. The molecule has 2 unspecified atom stereocenters. The van der Waals surface area contributed by atoms with E-state index in [0.29, 0.717) is 12.1 Å². The standard InChI is InChI=1S/C15H19FN2OS/c1-3-15-18-13(9-20-15)10(2)17-8-14(19)11-4-6-12(16)7-5-11/h4-7,9-10,14,17,19H,3,8H2,1-2H3. The van der Waals surface area contributed by atoms with Crippen molar-refractivity contribution < 1.29 is 9.50 Å². The highest BCUT2D eigenvalue weighted by atomic mass is 32.1. The lowest BCUT2D eigenvalue weighted by Crippen LogP contribution is -2.25. The van der Waals surface area contributed by atoms with E-state index in [4.69, 9.17) is 0 Å². The molecule has 0 fully saturated rings. The predicted octanol–water partition coefficient (Wildman–Crippen LogP) is 3.23. The third kappa shape index (κ3) is 3.85. The fourth-order valence-electron chi connectivity index (χ4n) is 1.88. The number of rotatable bonds is 6. The fourth-order valence-corrected chi connectivity index (χ4v) is 2.72. The molecule has 108 valence electrons. The van der Waals surface area contributed by atoms with E-state index in [2.05, 4.69) is 17.2 Å². The molecule has 2 atom stereocenters. The number of aromatic nitrogens is 1. The third-order valence-electron chi connectivity index (χ3n) is 3.19. The summed E-state index contributed by atoms with van der Waals surface area (Å²) in [6.07, 6.45) is 0.289. The van der Waals surface area contributed by atoms with Gasteiger partial charge in [0.15, 0.2) is 0 Å². The number of aliphatic hydroxyl groups is 1. The molecule has 3 nitrogen and oxygen atoms in total. The second-order valence-corrected chi connectivity index (χ2v) is 5.66. The van der Waals surface area contributed by atoms with Gasteiger partial charge in [-0.1, -0.05) is 19.1 Å². The lowest BCUT2D eigenvalue weighted by Gasteiger charge is -2.16. The highest BCUT2D eigenvalue weighted by Crippen LogP contribution is 2.18. The smallest absolute Gasteiger partial charge is 0.123 e. The molecule has 2 N–H and O–H groups in total. The predicted molar refractivity (Wildman–Crippen MR) is 79.3 cm³/mol. The number of hydrogen-bond acceptors (Lipinski definition) is 4. The SMILES string of the molecule is CCc1nc(C(C)NCC(O)c2ccc(F)cc2)cs1. The summed E-state index contributed by atoms with van der Waals surface area (Å²) >= 11 is 1.65. The van der Waals surface area contributed by atoms with Gasteiger partial charge >= 0.3 is 0 Å². The van der Waals surface area contributed by atoms with Gasteiger partial charge in [0, 0.05) is 18.0 Å². The monoisotopic (exact) mass is 294 g/mol. The molecule has 2 aromatic rings. The Balaban J connectivity index is 1.89. The first-order valence-electron chi connectivity index (χ1n) is 6.71. The van der Waals surface area contributed by atoms with Crippen LogP contribution in [-0.4, -0.2) is 16.6 Å². The molecule has 0 aliphatic heterocycles. The second kappa shape index (κ2) is 6.92. The second-order valence-electron chi connectivity index (χ2n) is 4.72. The molecule has 2 rings (SSSR count). The lowest BCUT2D eigenvalue weighted by atomic mass is 10.1. The van der Waals surface area contributed by atoms with Gasteiger partial charge in [-0.15, -0.1) is 11.3 Å². The number of aryl methyl sites for hydroxylation is 1. The van der Waals surface area contributed by atoms with Gasteiger partial charge in [0.05, 0.1) is 16.8 Å². The van der Waals surface area contributed by atoms with Crippen LogP contribution in [0.2, 0.25) is 0 Å². The Morgan fingerprint density at radius 2 is 2.05 bits per heavy atom. The van der Waals surface area contributed by atoms with Gasteiger partial charge in [-0.05, 0) is 31.0 Å². The molecule has 1 heterocycles. The van der Waals surface area contributed by atoms with Gasteiger partial charge in [0.2, 0.25) is 0 Å². The van der Waals surface area contributed by atoms with E-state index in [-0.39, 0.29) is 11.9 Å². The average Bonchev–Trinajstić information content (AvgIpc) is 2.94. The number of nitrogens with zero attached hydrogens (tertiary/aromatic N) is 1. The Morgan fingerprint density at radius 3 is 2.65 bits per heavy atom. The Kier molecular flexibility index (Phi) is 5.23. The van der Waals surface area contributed by atoms with Crippen LogP contribution in [0.15, 0.2) is 29.6 Å². The number of benzene rings is 1. The van der Waals surface area contributed by atoms with Crippen molar-refractivity contribution in [1.29, 1.82) is 0 Å². The molecule has 0 aliphatic rings. The summed E-state index contributed by atoms with van der Waals surface area (Å²) in [6.45, 7) is 4.51. The maximum atomic E-state index is 12.8. The van der Waals surface area contributed by atoms with E-state index >= 15 is 0 Å². The van der Waals surface area contributed by atoms with Crippen LogP contribution in [0.25, 0.3) is 0 Å².